The van der Waals surface area contributed by atoms with Crippen LogP contribution in [0.25, 0.3) is 10.9 Å². The highest BCUT2D eigenvalue weighted by atomic mass is 16.6. The van der Waals surface area contributed by atoms with Crippen molar-refractivity contribution < 1.29 is 19.4 Å². The second kappa shape index (κ2) is 7.52. The zero-order chi connectivity index (χ0) is 19.5. The fraction of sp³-hybridized carbons (Fsp3) is 0.400. The van der Waals surface area contributed by atoms with Crippen LogP contribution in [0, 0.1) is 12.3 Å². The quantitative estimate of drug-likeness (QED) is 0.836. The third-order valence-electron chi connectivity index (χ3n) is 3.98. The van der Waals surface area contributed by atoms with Crippen LogP contribution in [0.1, 0.15) is 26.3 Å². The molecule has 1 amide bonds. The van der Waals surface area contributed by atoms with Crippen LogP contribution in [0.4, 0.5) is 4.79 Å². The molecule has 0 fully saturated rings. The maximum absolute atomic E-state index is 12.3. The molecule has 0 bridgehead atoms. The van der Waals surface area contributed by atoms with Gasteiger partial charge in [0.05, 0.1) is 6.54 Å². The van der Waals surface area contributed by atoms with Crippen molar-refractivity contribution in [2.75, 3.05) is 7.05 Å². The molecule has 0 saturated carbocycles. The molecule has 1 aromatic heterocycles. The number of nitrogens with zero attached hydrogens (tertiary/aromatic N) is 2. The molecule has 1 aromatic carbocycles. The summed E-state index contributed by atoms with van der Waals surface area (Å²) in [6.45, 7) is 5.60. The van der Waals surface area contributed by atoms with Gasteiger partial charge < -0.3 is 14.4 Å². The molecule has 1 atom stereocenters. The van der Waals surface area contributed by atoms with Crippen molar-refractivity contribution in [3.8, 4) is 12.3 Å². The minimum absolute atomic E-state index is 0.156. The van der Waals surface area contributed by atoms with Crippen molar-refractivity contribution in [3.63, 3.8) is 0 Å². The topological polar surface area (TPSA) is 71.8 Å². The van der Waals surface area contributed by atoms with Gasteiger partial charge in [-0.1, -0.05) is 24.1 Å². The molecule has 0 aliphatic carbocycles. The van der Waals surface area contributed by atoms with Gasteiger partial charge in [0.1, 0.15) is 11.6 Å². The second-order valence-electron chi connectivity index (χ2n) is 7.15. The van der Waals surface area contributed by atoms with Gasteiger partial charge >= 0.3 is 12.1 Å². The van der Waals surface area contributed by atoms with E-state index < -0.39 is 23.7 Å². The van der Waals surface area contributed by atoms with Crippen LogP contribution < -0.4 is 0 Å². The number of amides is 1. The van der Waals surface area contributed by atoms with Crippen molar-refractivity contribution in [2.45, 2.75) is 45.4 Å². The standard InChI is InChI=1S/C20H24N2O4/c1-6-11-22-13-14(15-9-7-8-10-16(15)22)12-17(18(23)24)21(5)19(25)26-20(2,3)4/h1,7-10,13,17H,11-12H2,2-5H3,(H,23,24)/t17-/m0/s1. The largest absolute Gasteiger partial charge is 0.480 e. The van der Waals surface area contributed by atoms with E-state index in [0.29, 0.717) is 6.54 Å². The van der Waals surface area contributed by atoms with Gasteiger partial charge in [0.25, 0.3) is 0 Å². The normalized spacial score (nSPS) is 12.4. The average molecular weight is 356 g/mol. The van der Waals surface area contributed by atoms with E-state index in [1.54, 1.807) is 20.8 Å². The van der Waals surface area contributed by atoms with Crippen LogP contribution >= 0.6 is 0 Å². The third kappa shape index (κ3) is 4.37. The predicted octanol–water partition coefficient (Wildman–Crippen LogP) is 3.14. The Hall–Kier alpha value is -2.94. The summed E-state index contributed by atoms with van der Waals surface area (Å²) in [6.07, 6.45) is 6.76. The lowest BCUT2D eigenvalue weighted by atomic mass is 10.0. The van der Waals surface area contributed by atoms with Crippen LogP contribution in [0.2, 0.25) is 0 Å². The van der Waals surface area contributed by atoms with Crippen molar-refractivity contribution in [2.24, 2.45) is 0 Å². The first-order valence-corrected chi connectivity index (χ1v) is 8.33. The Morgan fingerprint density at radius 3 is 2.58 bits per heavy atom. The van der Waals surface area contributed by atoms with Gasteiger partial charge in [0, 0.05) is 30.6 Å². The number of carboxylic acids is 1. The number of terminal acetylenes is 1. The molecule has 0 spiro atoms. The van der Waals surface area contributed by atoms with Crippen LogP contribution in [0.15, 0.2) is 30.5 Å². The average Bonchev–Trinajstić information content (AvgIpc) is 2.88. The molecule has 6 heteroatoms. The van der Waals surface area contributed by atoms with Crippen molar-refractivity contribution in [1.29, 1.82) is 0 Å². The van der Waals surface area contributed by atoms with E-state index in [4.69, 9.17) is 11.2 Å². The lowest BCUT2D eigenvalue weighted by Gasteiger charge is -2.28. The van der Waals surface area contributed by atoms with E-state index in [0.717, 1.165) is 21.4 Å². The Morgan fingerprint density at radius 2 is 2.00 bits per heavy atom. The highest BCUT2D eigenvalue weighted by molar-refractivity contribution is 5.86. The molecule has 0 unspecified atom stereocenters. The minimum atomic E-state index is -1.09. The molecular formula is C20H24N2O4. The lowest BCUT2D eigenvalue weighted by Crippen LogP contribution is -2.46. The smallest absolute Gasteiger partial charge is 0.410 e. The minimum Gasteiger partial charge on any atom is -0.480 e. The molecule has 0 radical (unpaired) electrons. The number of aliphatic carboxylic acids is 1. The van der Waals surface area contributed by atoms with E-state index in [-0.39, 0.29) is 6.42 Å². The third-order valence-corrected chi connectivity index (χ3v) is 3.98. The van der Waals surface area contributed by atoms with Crippen molar-refractivity contribution >= 4 is 23.0 Å². The molecular weight excluding hydrogens is 332 g/mol. The van der Waals surface area contributed by atoms with Gasteiger partial charge in [-0.2, -0.15) is 0 Å². The summed E-state index contributed by atoms with van der Waals surface area (Å²) in [4.78, 5) is 25.2. The molecule has 1 heterocycles. The van der Waals surface area contributed by atoms with E-state index in [1.807, 2.05) is 35.0 Å². The number of para-hydroxylation sites is 1. The summed E-state index contributed by atoms with van der Waals surface area (Å²) in [5.41, 5.74) is 1.06. The molecule has 6 nitrogen and oxygen atoms in total. The number of carbonyl (C=O) groups is 2. The van der Waals surface area contributed by atoms with E-state index in [9.17, 15) is 14.7 Å². The van der Waals surface area contributed by atoms with Gasteiger partial charge in [0.2, 0.25) is 0 Å². The van der Waals surface area contributed by atoms with Crippen LogP contribution in [0.5, 0.6) is 0 Å². The Balaban J connectivity index is 2.34. The zero-order valence-electron chi connectivity index (χ0n) is 15.5. The molecule has 0 aliphatic rings. The summed E-state index contributed by atoms with van der Waals surface area (Å²) in [5, 5.41) is 10.6. The zero-order valence-corrected chi connectivity index (χ0v) is 15.5. The van der Waals surface area contributed by atoms with Crippen LogP contribution in [-0.4, -0.2) is 45.3 Å². The number of ether oxygens (including phenoxy) is 1. The number of carboxylic acid groups (broad SMARTS) is 1. The van der Waals surface area contributed by atoms with E-state index in [1.165, 1.54) is 7.05 Å². The fourth-order valence-electron chi connectivity index (χ4n) is 2.77. The number of rotatable bonds is 5. The number of likely N-dealkylation sites (N-methyl/N-ethyl adjacent to an activating group) is 1. The first-order chi connectivity index (χ1) is 12.1. The van der Waals surface area contributed by atoms with Gasteiger partial charge in [-0.25, -0.2) is 9.59 Å². The number of benzene rings is 1. The predicted molar refractivity (Wildman–Crippen MR) is 99.9 cm³/mol. The van der Waals surface area contributed by atoms with Gasteiger partial charge in [-0.05, 0) is 32.4 Å². The fourth-order valence-corrected chi connectivity index (χ4v) is 2.77. The highest BCUT2D eigenvalue weighted by Gasteiger charge is 2.31. The van der Waals surface area contributed by atoms with E-state index >= 15 is 0 Å². The highest BCUT2D eigenvalue weighted by Crippen LogP contribution is 2.24. The van der Waals surface area contributed by atoms with Gasteiger partial charge in [0.15, 0.2) is 0 Å². The van der Waals surface area contributed by atoms with Crippen molar-refractivity contribution in [1.82, 2.24) is 9.47 Å². The SMILES string of the molecule is C#CCn1cc(C[C@@H](C(=O)O)N(C)C(=O)OC(C)(C)C)c2ccccc21. The lowest BCUT2D eigenvalue weighted by molar-refractivity contribution is -0.142. The Morgan fingerprint density at radius 1 is 1.35 bits per heavy atom. The summed E-state index contributed by atoms with van der Waals surface area (Å²) < 4.78 is 7.19. The first kappa shape index (κ1) is 19.4. The Bertz CT molecular complexity index is 855. The van der Waals surface area contributed by atoms with Crippen LogP contribution in [0.3, 0.4) is 0 Å². The molecule has 26 heavy (non-hydrogen) atoms. The van der Waals surface area contributed by atoms with E-state index in [2.05, 4.69) is 5.92 Å². The number of hydrogen-bond donors (Lipinski definition) is 1. The summed E-state index contributed by atoms with van der Waals surface area (Å²) >= 11 is 0. The Kier molecular flexibility index (Phi) is 5.61. The molecule has 0 saturated heterocycles. The van der Waals surface area contributed by atoms with Gasteiger partial charge in [-0.15, -0.1) is 6.42 Å². The Labute approximate surface area is 153 Å². The molecule has 2 aromatic rings. The first-order valence-electron chi connectivity index (χ1n) is 8.33. The molecule has 138 valence electrons. The summed E-state index contributed by atoms with van der Waals surface area (Å²) in [5.74, 6) is 1.50. The number of aromatic nitrogens is 1. The molecule has 1 N–H and O–H groups in total. The monoisotopic (exact) mass is 356 g/mol. The number of carbonyl (C=O) groups excluding carboxylic acids is 1. The number of fused-ring (bicyclic) bond motifs is 1. The van der Waals surface area contributed by atoms with Crippen LogP contribution in [-0.2, 0) is 22.5 Å². The maximum Gasteiger partial charge on any atom is 0.410 e. The van der Waals surface area contributed by atoms with Crippen molar-refractivity contribution in [3.05, 3.63) is 36.0 Å². The summed E-state index contributed by atoms with van der Waals surface area (Å²) in [6, 6.07) is 6.60. The molecule has 0 aliphatic heterocycles. The number of hydrogen-bond acceptors (Lipinski definition) is 3. The molecule has 2 rings (SSSR count). The van der Waals surface area contributed by atoms with Gasteiger partial charge in [-0.3, -0.25) is 4.90 Å². The maximum atomic E-state index is 12.3. The summed E-state index contributed by atoms with van der Waals surface area (Å²) in [7, 11) is 1.44. The second-order valence-corrected chi connectivity index (χ2v) is 7.15.